The number of hydrogen-bond acceptors (Lipinski definition) is 7. The van der Waals surface area contributed by atoms with Crippen molar-refractivity contribution in [3.05, 3.63) is 41.5 Å². The van der Waals surface area contributed by atoms with Gasteiger partial charge in [0.1, 0.15) is 18.5 Å². The maximum absolute atomic E-state index is 13.6. The predicted molar refractivity (Wildman–Crippen MR) is 142 cm³/mol. The Balaban J connectivity index is 1.35. The van der Waals surface area contributed by atoms with Crippen molar-refractivity contribution in [2.75, 3.05) is 13.7 Å². The molecule has 0 bridgehead atoms. The third-order valence-electron chi connectivity index (χ3n) is 11.2. The Morgan fingerprint density at radius 3 is 2.58 bits per heavy atom. The number of ether oxygens (including phenoxy) is 2. The lowest BCUT2D eigenvalue weighted by molar-refractivity contribution is -0.178. The van der Waals surface area contributed by atoms with Gasteiger partial charge >= 0.3 is 5.97 Å². The van der Waals surface area contributed by atoms with Crippen molar-refractivity contribution in [3.8, 4) is 5.75 Å². The number of nitrogens with zero attached hydrogens (tertiary/aromatic N) is 1. The average molecular weight is 522 g/mol. The summed E-state index contributed by atoms with van der Waals surface area (Å²) in [6.07, 6.45) is 8.79. The molecule has 0 spiro atoms. The van der Waals surface area contributed by atoms with E-state index in [2.05, 4.69) is 25.1 Å². The van der Waals surface area contributed by atoms with Gasteiger partial charge in [0.2, 0.25) is 11.4 Å². The number of ketones is 1. The fraction of sp³-hybridized carbons (Fsp3) is 0.645. The van der Waals surface area contributed by atoms with Crippen LogP contribution in [0.4, 0.5) is 0 Å². The minimum absolute atomic E-state index is 0.0230. The number of hydrogen-bond donors (Lipinski definition) is 1. The molecule has 1 N–H and O–H groups in total. The molecule has 0 unspecified atom stereocenters. The lowest BCUT2D eigenvalue weighted by atomic mass is 9.46. The normalized spacial score (nSPS) is 40.9. The standard InChI is InChI=1S/C31H39NO6/c1-18(34)37-22-11-13-29(2)20(15-22)7-10-23-24(29)12-14-30(3)25(23)16-26-28(19-5-8-21(36-4)9-6-19)32-38-31(26,30)27(35)17-33/h5-9,22-26,33H,10-17H2,1-4H3/t22-,23+,24-,25-,26-,29-,30-,31-/m0/s1. The van der Waals surface area contributed by atoms with E-state index in [1.165, 1.54) is 12.5 Å². The van der Waals surface area contributed by atoms with Crippen molar-refractivity contribution in [1.82, 2.24) is 0 Å². The summed E-state index contributed by atoms with van der Waals surface area (Å²) in [4.78, 5) is 31.5. The van der Waals surface area contributed by atoms with Gasteiger partial charge in [-0.1, -0.05) is 30.7 Å². The monoisotopic (exact) mass is 521 g/mol. The summed E-state index contributed by atoms with van der Waals surface area (Å²) in [6.45, 7) is 5.57. The number of Topliss-reactive ketones (excluding diaryl/α,β-unsaturated/α-hetero) is 1. The molecule has 3 fully saturated rings. The first-order valence-corrected chi connectivity index (χ1v) is 14.1. The second kappa shape index (κ2) is 8.94. The van der Waals surface area contributed by atoms with Crippen LogP contribution in [0.5, 0.6) is 5.75 Å². The second-order valence-corrected chi connectivity index (χ2v) is 12.6. The molecule has 7 nitrogen and oxygen atoms in total. The molecule has 0 aromatic heterocycles. The van der Waals surface area contributed by atoms with E-state index in [9.17, 15) is 14.7 Å². The first-order valence-electron chi connectivity index (χ1n) is 14.1. The Bertz CT molecular complexity index is 1210. The molecule has 3 saturated carbocycles. The molecule has 0 radical (unpaired) electrons. The van der Waals surface area contributed by atoms with Crippen molar-refractivity contribution in [2.45, 2.75) is 77.4 Å². The molecule has 1 aromatic rings. The molecule has 1 aliphatic heterocycles. The van der Waals surface area contributed by atoms with Crippen LogP contribution >= 0.6 is 0 Å². The second-order valence-electron chi connectivity index (χ2n) is 12.6. The van der Waals surface area contributed by atoms with E-state index >= 15 is 0 Å². The zero-order valence-electron chi connectivity index (χ0n) is 22.9. The summed E-state index contributed by atoms with van der Waals surface area (Å²) in [7, 11) is 1.64. The number of carbonyl (C=O) groups is 2. The van der Waals surface area contributed by atoms with Crippen LogP contribution in [0.1, 0.15) is 71.3 Å². The summed E-state index contributed by atoms with van der Waals surface area (Å²) in [5.74, 6) is 1.35. The highest BCUT2D eigenvalue weighted by Crippen LogP contribution is 2.70. The minimum atomic E-state index is -1.13. The van der Waals surface area contributed by atoms with Gasteiger partial charge in [-0.05, 0) is 86.0 Å². The van der Waals surface area contributed by atoms with Gasteiger partial charge in [0.15, 0.2) is 0 Å². The third-order valence-corrected chi connectivity index (χ3v) is 11.2. The van der Waals surface area contributed by atoms with E-state index in [0.29, 0.717) is 11.8 Å². The van der Waals surface area contributed by atoms with E-state index in [0.717, 1.165) is 62.0 Å². The Labute approximate surface area is 224 Å². The molecule has 204 valence electrons. The van der Waals surface area contributed by atoms with Gasteiger partial charge in [-0.25, -0.2) is 0 Å². The van der Waals surface area contributed by atoms with Crippen LogP contribution in [0.25, 0.3) is 0 Å². The predicted octanol–water partition coefficient (Wildman–Crippen LogP) is 4.85. The maximum atomic E-state index is 13.6. The third kappa shape index (κ3) is 3.39. The molecular formula is C31H39NO6. The lowest BCUT2D eigenvalue weighted by Crippen LogP contribution is -2.60. The molecule has 1 aromatic carbocycles. The van der Waals surface area contributed by atoms with E-state index in [1.54, 1.807) is 7.11 Å². The van der Waals surface area contributed by atoms with Gasteiger partial charge in [0, 0.05) is 24.3 Å². The van der Waals surface area contributed by atoms with E-state index < -0.39 is 17.6 Å². The Morgan fingerprint density at radius 1 is 1.13 bits per heavy atom. The van der Waals surface area contributed by atoms with Gasteiger partial charge in [0.25, 0.3) is 0 Å². The number of aliphatic hydroxyl groups excluding tert-OH is 1. The quantitative estimate of drug-likeness (QED) is 0.440. The van der Waals surface area contributed by atoms with E-state index in [-0.39, 0.29) is 35.1 Å². The summed E-state index contributed by atoms with van der Waals surface area (Å²) in [5.41, 5.74) is 1.72. The number of rotatable bonds is 5. The lowest BCUT2D eigenvalue weighted by Gasteiger charge is -2.58. The number of allylic oxidation sites excluding steroid dienone is 1. The summed E-state index contributed by atoms with van der Waals surface area (Å²) >= 11 is 0. The van der Waals surface area contributed by atoms with Crippen molar-refractivity contribution in [2.24, 2.45) is 39.7 Å². The summed E-state index contributed by atoms with van der Waals surface area (Å²) in [5, 5.41) is 14.7. The number of carbonyl (C=O) groups excluding carboxylic acids is 2. The van der Waals surface area contributed by atoms with Crippen LogP contribution in [-0.2, 0) is 19.2 Å². The van der Waals surface area contributed by atoms with Crippen LogP contribution in [0, 0.1) is 34.5 Å². The number of aliphatic hydroxyl groups is 1. The zero-order valence-corrected chi connectivity index (χ0v) is 22.9. The first-order chi connectivity index (χ1) is 18.2. The molecule has 0 amide bonds. The highest BCUT2D eigenvalue weighted by atomic mass is 16.7. The summed E-state index contributed by atoms with van der Waals surface area (Å²) in [6, 6.07) is 7.77. The van der Waals surface area contributed by atoms with Crippen LogP contribution in [0.15, 0.2) is 41.1 Å². The average Bonchev–Trinajstić information content (AvgIpc) is 3.42. The van der Waals surface area contributed by atoms with Gasteiger partial charge in [-0.15, -0.1) is 0 Å². The molecule has 7 heteroatoms. The van der Waals surface area contributed by atoms with Crippen molar-refractivity contribution in [1.29, 1.82) is 0 Å². The fourth-order valence-corrected chi connectivity index (χ4v) is 9.35. The van der Waals surface area contributed by atoms with E-state index in [1.807, 2.05) is 24.3 Å². The molecular weight excluding hydrogens is 482 g/mol. The number of methoxy groups -OCH3 is 1. The van der Waals surface area contributed by atoms with Crippen molar-refractivity contribution in [3.63, 3.8) is 0 Å². The maximum Gasteiger partial charge on any atom is 0.302 e. The van der Waals surface area contributed by atoms with Crippen molar-refractivity contribution >= 4 is 17.5 Å². The van der Waals surface area contributed by atoms with Crippen molar-refractivity contribution < 1.29 is 29.0 Å². The molecule has 6 rings (SSSR count). The van der Waals surface area contributed by atoms with Crippen LogP contribution in [0.2, 0.25) is 0 Å². The SMILES string of the molecule is COc1ccc(C2=NO[C@]3(C(=O)CO)[C@H]2C[C@H]2[C@@H]4CC=C5C[C@@H](OC(C)=O)CC[C@]5(C)[C@H]4CC[C@@]23C)cc1. The number of esters is 1. The van der Waals surface area contributed by atoms with E-state index in [4.69, 9.17) is 14.3 Å². The highest BCUT2D eigenvalue weighted by Gasteiger charge is 2.74. The fourth-order valence-electron chi connectivity index (χ4n) is 9.35. The summed E-state index contributed by atoms with van der Waals surface area (Å²) < 4.78 is 10.9. The topological polar surface area (TPSA) is 94.4 Å². The van der Waals surface area contributed by atoms with Crippen LogP contribution < -0.4 is 4.74 Å². The molecule has 1 heterocycles. The molecule has 4 aliphatic carbocycles. The smallest absolute Gasteiger partial charge is 0.302 e. The van der Waals surface area contributed by atoms with Gasteiger partial charge in [-0.2, -0.15) is 0 Å². The van der Waals surface area contributed by atoms with Gasteiger partial charge in [0.05, 0.1) is 18.7 Å². The van der Waals surface area contributed by atoms with Gasteiger partial charge < -0.3 is 19.4 Å². The largest absolute Gasteiger partial charge is 0.497 e. The Morgan fingerprint density at radius 2 is 1.89 bits per heavy atom. The first kappa shape index (κ1) is 25.6. The molecule has 5 aliphatic rings. The molecule has 8 atom stereocenters. The molecule has 0 saturated heterocycles. The molecule has 38 heavy (non-hydrogen) atoms. The minimum Gasteiger partial charge on any atom is -0.497 e. The Hall–Kier alpha value is -2.67. The van der Waals surface area contributed by atoms with Crippen LogP contribution in [0.3, 0.4) is 0 Å². The number of benzene rings is 1. The zero-order chi connectivity index (χ0) is 26.9. The number of oxime groups is 1. The number of fused-ring (bicyclic) bond motifs is 7. The van der Waals surface area contributed by atoms with Crippen LogP contribution in [-0.4, -0.2) is 48.0 Å². The van der Waals surface area contributed by atoms with Gasteiger partial charge in [-0.3, -0.25) is 9.59 Å². The highest BCUT2D eigenvalue weighted by molar-refractivity contribution is 6.08. The Kier molecular flexibility index (Phi) is 6.02.